The molecule has 0 saturated heterocycles. The van der Waals surface area contributed by atoms with E-state index in [2.05, 4.69) is 27.6 Å². The Bertz CT molecular complexity index is 502. The molecule has 4 heteroatoms. The highest BCUT2D eigenvalue weighted by atomic mass is 127. The van der Waals surface area contributed by atoms with Crippen LogP contribution in [0, 0.1) is 3.57 Å². The van der Waals surface area contributed by atoms with Gasteiger partial charge in [0.1, 0.15) is 11.5 Å². The molecule has 0 aliphatic rings. The van der Waals surface area contributed by atoms with E-state index in [1.807, 2.05) is 36.5 Å². The van der Waals surface area contributed by atoms with Crippen LogP contribution in [0.1, 0.15) is 5.56 Å². The first-order valence-electron chi connectivity index (χ1n) is 5.35. The van der Waals surface area contributed by atoms with Gasteiger partial charge in [0, 0.05) is 9.77 Å². The first kappa shape index (κ1) is 12.3. The molecule has 2 rings (SSSR count). The van der Waals surface area contributed by atoms with Crippen LogP contribution in [-0.2, 0) is 6.42 Å². The second-order valence-corrected chi connectivity index (χ2v) is 4.87. The van der Waals surface area contributed by atoms with E-state index >= 15 is 0 Å². The standard InChI is InChI=1S/C13H13IN2O/c14-11-2-1-3-12(7-11)17-13-6-10(4-5-15)8-16-9-13/h1-3,6-9H,4-5,15H2. The van der Waals surface area contributed by atoms with Crippen molar-refractivity contribution in [3.63, 3.8) is 0 Å². The molecule has 0 unspecified atom stereocenters. The zero-order valence-electron chi connectivity index (χ0n) is 9.27. The second-order valence-electron chi connectivity index (χ2n) is 3.63. The van der Waals surface area contributed by atoms with Crippen LogP contribution in [0.3, 0.4) is 0 Å². The lowest BCUT2D eigenvalue weighted by Crippen LogP contribution is -2.03. The summed E-state index contributed by atoms with van der Waals surface area (Å²) in [6, 6.07) is 9.87. The maximum atomic E-state index is 5.74. The third-order valence-electron chi connectivity index (χ3n) is 2.23. The molecule has 1 aromatic heterocycles. The molecule has 0 amide bonds. The molecule has 0 aliphatic carbocycles. The quantitative estimate of drug-likeness (QED) is 0.871. The summed E-state index contributed by atoms with van der Waals surface area (Å²) in [4.78, 5) is 4.14. The van der Waals surface area contributed by atoms with Crippen molar-refractivity contribution in [3.05, 3.63) is 51.9 Å². The van der Waals surface area contributed by atoms with Crippen molar-refractivity contribution in [2.75, 3.05) is 6.54 Å². The van der Waals surface area contributed by atoms with Crippen LogP contribution in [0.4, 0.5) is 0 Å². The average molecular weight is 340 g/mol. The molecule has 0 fully saturated rings. The van der Waals surface area contributed by atoms with Gasteiger partial charge in [-0.25, -0.2) is 0 Å². The van der Waals surface area contributed by atoms with Gasteiger partial charge in [-0.3, -0.25) is 4.98 Å². The molecule has 0 aliphatic heterocycles. The van der Waals surface area contributed by atoms with Gasteiger partial charge in [-0.15, -0.1) is 0 Å². The van der Waals surface area contributed by atoms with E-state index in [0.717, 1.165) is 27.1 Å². The van der Waals surface area contributed by atoms with Crippen LogP contribution < -0.4 is 10.5 Å². The third-order valence-corrected chi connectivity index (χ3v) is 2.91. The van der Waals surface area contributed by atoms with Gasteiger partial charge in [0.25, 0.3) is 0 Å². The molecule has 2 N–H and O–H groups in total. The van der Waals surface area contributed by atoms with Crippen LogP contribution in [0.15, 0.2) is 42.7 Å². The smallest absolute Gasteiger partial charge is 0.145 e. The number of nitrogens with zero attached hydrogens (tertiary/aromatic N) is 1. The molecular weight excluding hydrogens is 327 g/mol. The second kappa shape index (κ2) is 5.97. The van der Waals surface area contributed by atoms with Crippen LogP contribution in [0.2, 0.25) is 0 Å². The Hall–Kier alpha value is -1.14. The summed E-state index contributed by atoms with van der Waals surface area (Å²) in [7, 11) is 0. The number of rotatable bonds is 4. The topological polar surface area (TPSA) is 48.1 Å². The van der Waals surface area contributed by atoms with Crippen LogP contribution in [-0.4, -0.2) is 11.5 Å². The summed E-state index contributed by atoms with van der Waals surface area (Å²) in [6.07, 6.45) is 4.34. The minimum Gasteiger partial charge on any atom is -0.456 e. The summed E-state index contributed by atoms with van der Waals surface area (Å²) < 4.78 is 6.88. The van der Waals surface area contributed by atoms with Gasteiger partial charge in [0.2, 0.25) is 0 Å². The lowest BCUT2D eigenvalue weighted by Gasteiger charge is -2.07. The number of halogens is 1. The Morgan fingerprint density at radius 1 is 1.18 bits per heavy atom. The number of ether oxygens (including phenoxy) is 1. The van der Waals surface area contributed by atoms with Gasteiger partial charge in [0.15, 0.2) is 0 Å². The van der Waals surface area contributed by atoms with Crippen molar-refractivity contribution >= 4 is 22.6 Å². The van der Waals surface area contributed by atoms with Crippen molar-refractivity contribution in [2.45, 2.75) is 6.42 Å². The first-order valence-corrected chi connectivity index (χ1v) is 6.43. The van der Waals surface area contributed by atoms with Crippen molar-refractivity contribution in [3.8, 4) is 11.5 Å². The molecule has 0 atom stereocenters. The highest BCUT2D eigenvalue weighted by Gasteiger charge is 2.00. The van der Waals surface area contributed by atoms with Gasteiger partial charge in [0.05, 0.1) is 6.20 Å². The average Bonchev–Trinajstić information content (AvgIpc) is 2.30. The Kier molecular flexibility index (Phi) is 4.33. The monoisotopic (exact) mass is 340 g/mol. The Morgan fingerprint density at radius 2 is 2.06 bits per heavy atom. The van der Waals surface area contributed by atoms with Gasteiger partial charge in [-0.2, -0.15) is 0 Å². The summed E-state index contributed by atoms with van der Waals surface area (Å²) in [5, 5.41) is 0. The van der Waals surface area contributed by atoms with E-state index in [0.29, 0.717) is 6.54 Å². The van der Waals surface area contributed by atoms with Crippen LogP contribution in [0.25, 0.3) is 0 Å². The highest BCUT2D eigenvalue weighted by molar-refractivity contribution is 14.1. The molecule has 0 spiro atoms. The van der Waals surface area contributed by atoms with Gasteiger partial charge >= 0.3 is 0 Å². The van der Waals surface area contributed by atoms with E-state index in [9.17, 15) is 0 Å². The van der Waals surface area contributed by atoms with Gasteiger partial charge in [-0.1, -0.05) is 6.07 Å². The molecule has 1 heterocycles. The van der Waals surface area contributed by atoms with E-state index in [-0.39, 0.29) is 0 Å². The summed E-state index contributed by atoms with van der Waals surface area (Å²) in [5.74, 6) is 1.57. The minimum absolute atomic E-state index is 0.619. The molecule has 3 nitrogen and oxygen atoms in total. The SMILES string of the molecule is NCCc1cncc(Oc2cccc(I)c2)c1. The van der Waals surface area contributed by atoms with Crippen molar-refractivity contribution in [1.29, 1.82) is 0 Å². The predicted molar refractivity (Wildman–Crippen MR) is 76.2 cm³/mol. The number of hydrogen-bond acceptors (Lipinski definition) is 3. The number of benzene rings is 1. The van der Waals surface area contributed by atoms with Crippen molar-refractivity contribution in [1.82, 2.24) is 4.98 Å². The Morgan fingerprint density at radius 3 is 2.82 bits per heavy atom. The third kappa shape index (κ3) is 3.67. The van der Waals surface area contributed by atoms with E-state index in [1.54, 1.807) is 6.20 Å². The highest BCUT2D eigenvalue weighted by Crippen LogP contribution is 2.22. The summed E-state index contributed by atoms with van der Waals surface area (Å²) in [5.41, 5.74) is 6.61. The first-order chi connectivity index (χ1) is 8.28. The van der Waals surface area contributed by atoms with E-state index in [4.69, 9.17) is 10.5 Å². The summed E-state index contributed by atoms with van der Waals surface area (Å²) in [6.45, 7) is 0.619. The predicted octanol–water partition coefficient (Wildman–Crippen LogP) is 2.98. The molecule has 0 bridgehead atoms. The Labute approximate surface area is 114 Å². The molecule has 0 radical (unpaired) electrons. The normalized spacial score (nSPS) is 10.2. The zero-order chi connectivity index (χ0) is 12.1. The van der Waals surface area contributed by atoms with Crippen molar-refractivity contribution < 1.29 is 4.74 Å². The zero-order valence-corrected chi connectivity index (χ0v) is 11.4. The minimum atomic E-state index is 0.619. The van der Waals surface area contributed by atoms with Crippen molar-refractivity contribution in [2.24, 2.45) is 5.73 Å². The number of aromatic nitrogens is 1. The molecule has 88 valence electrons. The number of pyridine rings is 1. The molecule has 2 aromatic rings. The summed E-state index contributed by atoms with van der Waals surface area (Å²) >= 11 is 2.26. The fourth-order valence-electron chi connectivity index (χ4n) is 1.49. The molecule has 0 saturated carbocycles. The lowest BCUT2D eigenvalue weighted by atomic mass is 10.2. The number of hydrogen-bond donors (Lipinski definition) is 1. The van der Waals surface area contributed by atoms with Gasteiger partial charge in [-0.05, 0) is 65.4 Å². The lowest BCUT2D eigenvalue weighted by molar-refractivity contribution is 0.479. The van der Waals surface area contributed by atoms with Gasteiger partial charge < -0.3 is 10.5 Å². The largest absolute Gasteiger partial charge is 0.456 e. The fraction of sp³-hybridized carbons (Fsp3) is 0.154. The van der Waals surface area contributed by atoms with Crippen LogP contribution in [0.5, 0.6) is 11.5 Å². The molecule has 1 aromatic carbocycles. The fourth-order valence-corrected chi connectivity index (χ4v) is 2.00. The molecule has 17 heavy (non-hydrogen) atoms. The maximum Gasteiger partial charge on any atom is 0.145 e. The van der Waals surface area contributed by atoms with E-state index in [1.165, 1.54) is 0 Å². The van der Waals surface area contributed by atoms with E-state index < -0.39 is 0 Å². The maximum absolute atomic E-state index is 5.74. The number of nitrogens with two attached hydrogens (primary N) is 1. The molecular formula is C13H13IN2O. The Balaban J connectivity index is 2.15. The van der Waals surface area contributed by atoms with Crippen LogP contribution >= 0.6 is 22.6 Å².